The molecule has 5 nitrogen and oxygen atoms in total. The van der Waals surface area contributed by atoms with Gasteiger partial charge in [0.05, 0.1) is 5.92 Å². The Balaban J connectivity index is 1.66. The summed E-state index contributed by atoms with van der Waals surface area (Å²) in [5.74, 6) is 1.46. The van der Waals surface area contributed by atoms with Crippen molar-refractivity contribution in [3.05, 3.63) is 89.4 Å². The number of piperidine rings is 1. The normalized spacial score (nSPS) is 18.8. The van der Waals surface area contributed by atoms with Gasteiger partial charge in [0.25, 0.3) is 0 Å². The second kappa shape index (κ2) is 8.88. The summed E-state index contributed by atoms with van der Waals surface area (Å²) in [6, 6.07) is 22.1. The molecule has 3 aromatic rings. The minimum Gasteiger partial charge on any atom is -0.373 e. The highest BCUT2D eigenvalue weighted by Crippen LogP contribution is 2.35. The van der Waals surface area contributed by atoms with Gasteiger partial charge in [0, 0.05) is 37.3 Å². The number of carbonyl (C=O) groups is 1. The third kappa shape index (κ3) is 4.46. The predicted molar refractivity (Wildman–Crippen MR) is 124 cm³/mol. The lowest BCUT2D eigenvalue weighted by atomic mass is 9.79. The van der Waals surface area contributed by atoms with E-state index in [0.717, 1.165) is 47.8 Å². The van der Waals surface area contributed by atoms with Crippen LogP contribution >= 0.6 is 0 Å². The van der Waals surface area contributed by atoms with Gasteiger partial charge in [0.2, 0.25) is 5.91 Å². The van der Waals surface area contributed by atoms with Crippen LogP contribution in [0, 0.1) is 6.92 Å². The average Bonchev–Trinajstić information content (AvgIpc) is 2.80. The van der Waals surface area contributed by atoms with Gasteiger partial charge in [-0.15, -0.1) is 0 Å². The minimum atomic E-state index is -0.309. The fourth-order valence-corrected chi connectivity index (χ4v) is 4.53. The van der Waals surface area contributed by atoms with E-state index in [1.165, 1.54) is 0 Å². The average molecular weight is 415 g/mol. The number of nitrogens with zero attached hydrogens (tertiary/aromatic N) is 3. The molecule has 0 unspecified atom stereocenters. The molecule has 1 N–H and O–H groups in total. The molecule has 1 aliphatic heterocycles. The summed E-state index contributed by atoms with van der Waals surface area (Å²) in [6.07, 6.45) is 1.90. The number of anilines is 1. The maximum Gasteiger partial charge on any atom is 0.234 e. The number of likely N-dealkylation sites (tertiary alicyclic amines) is 1. The van der Waals surface area contributed by atoms with E-state index in [0.29, 0.717) is 6.54 Å². The third-order valence-corrected chi connectivity index (χ3v) is 6.17. The Kier molecular flexibility index (Phi) is 6.03. The number of amides is 1. The van der Waals surface area contributed by atoms with Crippen molar-refractivity contribution in [2.75, 3.05) is 25.5 Å². The van der Waals surface area contributed by atoms with Crippen molar-refractivity contribution >= 4 is 11.7 Å². The molecule has 160 valence electrons. The van der Waals surface area contributed by atoms with E-state index in [1.807, 2.05) is 85.6 Å². The molecule has 31 heavy (non-hydrogen) atoms. The van der Waals surface area contributed by atoms with Crippen LogP contribution in [0.5, 0.6) is 0 Å². The van der Waals surface area contributed by atoms with Crippen LogP contribution in [0.3, 0.4) is 0 Å². The number of benzene rings is 2. The number of aryl methyl sites for hydroxylation is 1. The van der Waals surface area contributed by atoms with E-state index >= 15 is 0 Å². The highest BCUT2D eigenvalue weighted by molar-refractivity contribution is 5.87. The van der Waals surface area contributed by atoms with Crippen LogP contribution in [0.2, 0.25) is 0 Å². The van der Waals surface area contributed by atoms with E-state index in [-0.39, 0.29) is 17.2 Å². The Morgan fingerprint density at radius 2 is 1.65 bits per heavy atom. The highest BCUT2D eigenvalue weighted by atomic mass is 16.2. The molecule has 1 aromatic heterocycles. The molecule has 4 rings (SSSR count). The Labute approximate surface area is 184 Å². The first kappa shape index (κ1) is 21.0. The highest BCUT2D eigenvalue weighted by Gasteiger charge is 2.39. The quantitative estimate of drug-likeness (QED) is 0.666. The Bertz CT molecular complexity index is 998. The lowest BCUT2D eigenvalue weighted by molar-refractivity contribution is -0.134. The maximum atomic E-state index is 13.9. The van der Waals surface area contributed by atoms with Crippen LogP contribution in [0.4, 0.5) is 5.82 Å². The van der Waals surface area contributed by atoms with Gasteiger partial charge in [-0.2, -0.15) is 0 Å². The molecular formula is C26H30N4O. The number of nitrogens with one attached hydrogen (secondary N) is 1. The van der Waals surface area contributed by atoms with Gasteiger partial charge in [-0.3, -0.25) is 4.79 Å². The molecule has 1 amide bonds. The van der Waals surface area contributed by atoms with Crippen LogP contribution in [0.25, 0.3) is 0 Å². The van der Waals surface area contributed by atoms with Crippen LogP contribution < -0.4 is 5.32 Å². The Hall–Kier alpha value is -3.21. The monoisotopic (exact) mass is 414 g/mol. The molecule has 1 saturated heterocycles. The zero-order valence-electron chi connectivity index (χ0n) is 18.5. The third-order valence-electron chi connectivity index (χ3n) is 6.17. The summed E-state index contributed by atoms with van der Waals surface area (Å²) >= 11 is 0. The summed E-state index contributed by atoms with van der Waals surface area (Å²) in [4.78, 5) is 25.4. The van der Waals surface area contributed by atoms with Crippen molar-refractivity contribution < 1.29 is 4.79 Å². The lowest BCUT2D eigenvalue weighted by Gasteiger charge is -2.41. The van der Waals surface area contributed by atoms with Crippen molar-refractivity contribution in [3.8, 4) is 0 Å². The van der Waals surface area contributed by atoms with E-state index in [2.05, 4.69) is 12.2 Å². The zero-order valence-corrected chi connectivity index (χ0v) is 18.5. The van der Waals surface area contributed by atoms with Crippen LogP contribution in [0.1, 0.15) is 48.3 Å². The molecule has 0 bridgehead atoms. The van der Waals surface area contributed by atoms with Gasteiger partial charge in [-0.25, -0.2) is 9.97 Å². The number of rotatable bonds is 5. The predicted octanol–water partition coefficient (Wildman–Crippen LogP) is 4.54. The first-order valence-electron chi connectivity index (χ1n) is 10.9. The number of hydrogen-bond donors (Lipinski definition) is 1. The van der Waals surface area contributed by atoms with Crippen molar-refractivity contribution in [3.63, 3.8) is 0 Å². The first-order chi connectivity index (χ1) is 15.0. The molecule has 0 aliphatic carbocycles. The summed E-state index contributed by atoms with van der Waals surface area (Å²) in [7, 11) is 1.87. The second-order valence-corrected chi connectivity index (χ2v) is 8.65. The molecule has 2 aromatic carbocycles. The van der Waals surface area contributed by atoms with Gasteiger partial charge in [-0.05, 0) is 30.9 Å². The first-order valence-corrected chi connectivity index (χ1v) is 10.9. The van der Waals surface area contributed by atoms with Crippen molar-refractivity contribution in [1.82, 2.24) is 14.9 Å². The standard InChI is InChI=1S/C26H30N4O/c1-19-17-22(27-3)29-25(28-19)26(2)15-10-16-30(18-26)24(31)23(20-11-6-4-7-12-20)21-13-8-5-9-14-21/h4-9,11-14,17,23H,10,15-16,18H2,1-3H3,(H,27,28,29)/t26-/m0/s1. The van der Waals surface area contributed by atoms with Crippen LogP contribution in [-0.2, 0) is 10.2 Å². The van der Waals surface area contributed by atoms with Gasteiger partial charge < -0.3 is 10.2 Å². The minimum absolute atomic E-state index is 0.143. The molecule has 1 aliphatic rings. The summed E-state index contributed by atoms with van der Waals surface area (Å²) in [6.45, 7) is 5.55. The van der Waals surface area contributed by atoms with Gasteiger partial charge >= 0.3 is 0 Å². The smallest absolute Gasteiger partial charge is 0.234 e. The molecule has 0 saturated carbocycles. The Morgan fingerprint density at radius 3 is 2.23 bits per heavy atom. The second-order valence-electron chi connectivity index (χ2n) is 8.65. The number of hydrogen-bond acceptors (Lipinski definition) is 4. The largest absolute Gasteiger partial charge is 0.373 e. The molecule has 0 spiro atoms. The summed E-state index contributed by atoms with van der Waals surface area (Å²) < 4.78 is 0. The van der Waals surface area contributed by atoms with E-state index in [9.17, 15) is 4.79 Å². The molecule has 1 fully saturated rings. The molecule has 5 heteroatoms. The van der Waals surface area contributed by atoms with Crippen molar-refractivity contribution in [1.29, 1.82) is 0 Å². The maximum absolute atomic E-state index is 13.9. The van der Waals surface area contributed by atoms with Crippen molar-refractivity contribution in [2.45, 2.75) is 38.0 Å². The van der Waals surface area contributed by atoms with Gasteiger partial charge in [0.15, 0.2) is 0 Å². The lowest BCUT2D eigenvalue weighted by Crippen LogP contribution is -2.49. The van der Waals surface area contributed by atoms with E-state index < -0.39 is 0 Å². The molecule has 2 heterocycles. The van der Waals surface area contributed by atoms with Crippen LogP contribution in [-0.4, -0.2) is 40.9 Å². The zero-order chi connectivity index (χ0) is 21.8. The van der Waals surface area contributed by atoms with E-state index in [1.54, 1.807) is 0 Å². The van der Waals surface area contributed by atoms with Gasteiger partial charge in [-0.1, -0.05) is 67.6 Å². The van der Waals surface area contributed by atoms with Crippen molar-refractivity contribution in [2.24, 2.45) is 0 Å². The summed E-state index contributed by atoms with van der Waals surface area (Å²) in [5.41, 5.74) is 2.71. The molecule has 1 atom stereocenters. The SMILES string of the molecule is CNc1cc(C)nc([C@@]2(C)CCCN(C(=O)C(c3ccccc3)c3ccccc3)C2)n1. The fourth-order valence-electron chi connectivity index (χ4n) is 4.53. The fraction of sp³-hybridized carbons (Fsp3) is 0.346. The Morgan fingerprint density at radius 1 is 1.03 bits per heavy atom. The molecular weight excluding hydrogens is 384 g/mol. The van der Waals surface area contributed by atoms with Gasteiger partial charge in [0.1, 0.15) is 11.6 Å². The van der Waals surface area contributed by atoms with E-state index in [4.69, 9.17) is 9.97 Å². The number of carbonyl (C=O) groups excluding carboxylic acids is 1. The molecule has 0 radical (unpaired) electrons. The topological polar surface area (TPSA) is 58.1 Å². The number of aromatic nitrogens is 2. The summed E-state index contributed by atoms with van der Waals surface area (Å²) in [5, 5.41) is 3.13. The van der Waals surface area contributed by atoms with Crippen LogP contribution in [0.15, 0.2) is 66.7 Å².